The van der Waals surface area contributed by atoms with E-state index in [4.69, 9.17) is 16.3 Å². The number of alkyl carbamates (subject to hydrolysis) is 1. The van der Waals surface area contributed by atoms with E-state index in [9.17, 15) is 9.59 Å². The Morgan fingerprint density at radius 3 is 2.21 bits per heavy atom. The molecule has 1 unspecified atom stereocenters. The number of benzene rings is 1. The minimum absolute atomic E-state index is 0.0664. The SMILES string of the molecule is CCC(C)OC(=O)N[C@H](C(=O)N(CC)c1ccc(Cl)cc1)C(C)C. The summed E-state index contributed by atoms with van der Waals surface area (Å²) in [5.74, 6) is -0.237. The van der Waals surface area contributed by atoms with Crippen LogP contribution in [-0.4, -0.2) is 30.7 Å². The van der Waals surface area contributed by atoms with Gasteiger partial charge in [-0.1, -0.05) is 32.4 Å². The lowest BCUT2D eigenvalue weighted by Crippen LogP contribution is -2.51. The summed E-state index contributed by atoms with van der Waals surface area (Å²) in [4.78, 5) is 26.5. The van der Waals surface area contributed by atoms with Gasteiger partial charge >= 0.3 is 6.09 Å². The highest BCUT2D eigenvalue weighted by Gasteiger charge is 2.29. The van der Waals surface area contributed by atoms with Gasteiger partial charge in [0.1, 0.15) is 12.1 Å². The van der Waals surface area contributed by atoms with Gasteiger partial charge in [0.05, 0.1) is 0 Å². The minimum Gasteiger partial charge on any atom is -0.447 e. The Balaban J connectivity index is 2.91. The molecule has 2 amide bonds. The predicted octanol–water partition coefficient (Wildman–Crippen LogP) is 4.24. The average molecular weight is 355 g/mol. The normalized spacial score (nSPS) is 13.3. The Morgan fingerprint density at radius 2 is 1.75 bits per heavy atom. The second-order valence-corrected chi connectivity index (χ2v) is 6.49. The topological polar surface area (TPSA) is 58.6 Å². The van der Waals surface area contributed by atoms with Gasteiger partial charge in [0.2, 0.25) is 5.91 Å². The number of likely N-dealkylation sites (N-methyl/N-ethyl adjacent to an activating group) is 1. The Labute approximate surface area is 149 Å². The van der Waals surface area contributed by atoms with Gasteiger partial charge in [-0.15, -0.1) is 0 Å². The van der Waals surface area contributed by atoms with Crippen molar-refractivity contribution in [3.05, 3.63) is 29.3 Å². The summed E-state index contributed by atoms with van der Waals surface area (Å²) in [5.41, 5.74) is 0.745. The molecule has 0 bridgehead atoms. The zero-order chi connectivity index (χ0) is 18.3. The van der Waals surface area contributed by atoms with E-state index in [0.717, 1.165) is 12.1 Å². The molecular weight excluding hydrogens is 328 g/mol. The molecule has 0 saturated heterocycles. The largest absolute Gasteiger partial charge is 0.447 e. The highest BCUT2D eigenvalue weighted by molar-refractivity contribution is 6.30. The van der Waals surface area contributed by atoms with Gasteiger partial charge in [-0.2, -0.15) is 0 Å². The zero-order valence-electron chi connectivity index (χ0n) is 15.0. The molecule has 6 heteroatoms. The smallest absolute Gasteiger partial charge is 0.408 e. The first-order valence-electron chi connectivity index (χ1n) is 8.34. The Bertz CT molecular complexity index is 546. The molecule has 0 radical (unpaired) electrons. The van der Waals surface area contributed by atoms with Crippen LogP contribution in [0.4, 0.5) is 10.5 Å². The van der Waals surface area contributed by atoms with Crippen LogP contribution in [0.15, 0.2) is 24.3 Å². The molecule has 0 spiro atoms. The number of ether oxygens (including phenoxy) is 1. The van der Waals surface area contributed by atoms with Gasteiger partial charge in [0.25, 0.3) is 0 Å². The molecule has 0 saturated carbocycles. The molecule has 134 valence electrons. The van der Waals surface area contributed by atoms with Crippen LogP contribution in [0.1, 0.15) is 41.0 Å². The molecule has 0 fully saturated rings. The molecule has 0 aliphatic carbocycles. The van der Waals surface area contributed by atoms with Crippen LogP contribution in [-0.2, 0) is 9.53 Å². The second-order valence-electron chi connectivity index (χ2n) is 6.05. The number of anilines is 1. The Morgan fingerprint density at radius 1 is 1.17 bits per heavy atom. The zero-order valence-corrected chi connectivity index (χ0v) is 15.8. The highest BCUT2D eigenvalue weighted by atomic mass is 35.5. The van der Waals surface area contributed by atoms with Crippen molar-refractivity contribution in [1.82, 2.24) is 5.32 Å². The van der Waals surface area contributed by atoms with Gasteiger partial charge in [-0.05, 0) is 50.5 Å². The maximum atomic E-state index is 12.9. The lowest BCUT2D eigenvalue weighted by molar-refractivity contribution is -0.121. The molecular formula is C18H27ClN2O3. The van der Waals surface area contributed by atoms with Gasteiger partial charge in [-0.3, -0.25) is 4.79 Å². The van der Waals surface area contributed by atoms with Crippen molar-refractivity contribution in [2.45, 2.75) is 53.2 Å². The van der Waals surface area contributed by atoms with E-state index in [1.807, 2.05) is 34.6 Å². The standard InChI is InChI=1S/C18H27ClN2O3/c1-6-13(5)24-18(23)20-16(12(3)4)17(22)21(7-2)15-10-8-14(19)9-11-15/h8-13,16H,6-7H2,1-5H3,(H,20,23)/t13?,16-/m0/s1. The van der Waals surface area contributed by atoms with Gasteiger partial charge < -0.3 is 15.0 Å². The summed E-state index contributed by atoms with van der Waals surface area (Å²) in [5, 5.41) is 3.31. The first-order chi connectivity index (χ1) is 11.3. The molecule has 0 aromatic heterocycles. The van der Waals surface area contributed by atoms with E-state index in [1.54, 1.807) is 29.2 Å². The molecule has 24 heavy (non-hydrogen) atoms. The monoisotopic (exact) mass is 354 g/mol. The van der Waals surface area contributed by atoms with Gasteiger partial charge in [0, 0.05) is 17.3 Å². The average Bonchev–Trinajstić information content (AvgIpc) is 2.54. The van der Waals surface area contributed by atoms with E-state index in [2.05, 4.69) is 5.32 Å². The Hall–Kier alpha value is -1.75. The first-order valence-corrected chi connectivity index (χ1v) is 8.72. The molecule has 5 nitrogen and oxygen atoms in total. The first kappa shape index (κ1) is 20.3. The number of rotatable bonds is 7. The second kappa shape index (κ2) is 9.52. The van der Waals surface area contributed by atoms with E-state index in [1.165, 1.54) is 0 Å². The summed E-state index contributed by atoms with van der Waals surface area (Å²) >= 11 is 5.91. The quantitative estimate of drug-likeness (QED) is 0.796. The predicted molar refractivity (Wildman–Crippen MR) is 97.5 cm³/mol. The van der Waals surface area contributed by atoms with E-state index in [0.29, 0.717) is 11.6 Å². The summed E-state index contributed by atoms with van der Waals surface area (Å²) < 4.78 is 5.23. The van der Waals surface area contributed by atoms with Crippen molar-refractivity contribution in [3.63, 3.8) is 0 Å². The number of halogens is 1. The van der Waals surface area contributed by atoms with Crippen LogP contribution in [0.25, 0.3) is 0 Å². The van der Waals surface area contributed by atoms with Crippen molar-refractivity contribution < 1.29 is 14.3 Å². The molecule has 1 rings (SSSR count). The van der Waals surface area contributed by atoms with E-state index < -0.39 is 12.1 Å². The van der Waals surface area contributed by atoms with Crippen molar-refractivity contribution >= 4 is 29.3 Å². The fraction of sp³-hybridized carbons (Fsp3) is 0.556. The summed E-state index contributed by atoms with van der Waals surface area (Å²) in [6, 6.07) is 6.40. The lowest BCUT2D eigenvalue weighted by Gasteiger charge is -2.29. The fourth-order valence-corrected chi connectivity index (χ4v) is 2.32. The summed E-state index contributed by atoms with van der Waals surface area (Å²) in [6.07, 6.45) is -0.0328. The summed E-state index contributed by atoms with van der Waals surface area (Å²) in [7, 11) is 0. The minimum atomic E-state index is -0.655. The maximum absolute atomic E-state index is 12.9. The van der Waals surface area contributed by atoms with Crippen LogP contribution >= 0.6 is 11.6 Å². The molecule has 0 heterocycles. The number of hydrogen-bond donors (Lipinski definition) is 1. The van der Waals surface area contributed by atoms with Crippen LogP contribution < -0.4 is 10.2 Å². The molecule has 1 aromatic carbocycles. The summed E-state index contributed by atoms with van der Waals surface area (Å²) in [6.45, 7) is 9.91. The maximum Gasteiger partial charge on any atom is 0.408 e. The number of nitrogens with one attached hydrogen (secondary N) is 1. The van der Waals surface area contributed by atoms with Crippen molar-refractivity contribution in [3.8, 4) is 0 Å². The van der Waals surface area contributed by atoms with Crippen LogP contribution in [0.3, 0.4) is 0 Å². The fourth-order valence-electron chi connectivity index (χ4n) is 2.20. The Kier molecular flexibility index (Phi) is 8.05. The van der Waals surface area contributed by atoms with Crippen molar-refractivity contribution in [1.29, 1.82) is 0 Å². The van der Waals surface area contributed by atoms with Gasteiger partial charge in [-0.25, -0.2) is 4.79 Å². The van der Waals surface area contributed by atoms with Crippen LogP contribution in [0, 0.1) is 5.92 Å². The molecule has 0 aliphatic heterocycles. The third-order valence-corrected chi connectivity index (χ3v) is 4.06. The number of amides is 2. The van der Waals surface area contributed by atoms with Crippen LogP contribution in [0.2, 0.25) is 5.02 Å². The molecule has 0 aliphatic rings. The van der Waals surface area contributed by atoms with Crippen molar-refractivity contribution in [2.75, 3.05) is 11.4 Å². The number of nitrogens with zero attached hydrogens (tertiary/aromatic N) is 1. The van der Waals surface area contributed by atoms with E-state index >= 15 is 0 Å². The number of carbonyl (C=O) groups is 2. The molecule has 1 aromatic rings. The van der Waals surface area contributed by atoms with Crippen molar-refractivity contribution in [2.24, 2.45) is 5.92 Å². The van der Waals surface area contributed by atoms with E-state index in [-0.39, 0.29) is 17.9 Å². The van der Waals surface area contributed by atoms with Crippen LogP contribution in [0.5, 0.6) is 0 Å². The number of hydrogen-bond acceptors (Lipinski definition) is 3. The third kappa shape index (κ3) is 5.71. The highest BCUT2D eigenvalue weighted by Crippen LogP contribution is 2.20. The lowest BCUT2D eigenvalue weighted by atomic mass is 10.0. The third-order valence-electron chi connectivity index (χ3n) is 3.81. The van der Waals surface area contributed by atoms with Gasteiger partial charge in [0.15, 0.2) is 0 Å². The molecule has 1 N–H and O–H groups in total. The number of carbonyl (C=O) groups excluding carboxylic acids is 2. The molecule has 2 atom stereocenters.